The molecule has 8 heteroatoms. The van der Waals surface area contributed by atoms with Gasteiger partial charge in [-0.05, 0) is 36.8 Å². The van der Waals surface area contributed by atoms with E-state index >= 15 is 0 Å². The lowest BCUT2D eigenvalue weighted by Crippen LogP contribution is -2.30. The van der Waals surface area contributed by atoms with E-state index in [1.54, 1.807) is 31.2 Å². The molecule has 0 unspecified atom stereocenters. The topological polar surface area (TPSA) is 68.0 Å². The molecule has 1 atom stereocenters. The summed E-state index contributed by atoms with van der Waals surface area (Å²) in [7, 11) is 0. The average Bonchev–Trinajstić information content (AvgIpc) is 3.09. The van der Waals surface area contributed by atoms with Crippen LogP contribution >= 0.6 is 35.0 Å². The first-order valence-corrected chi connectivity index (χ1v) is 9.43. The second-order valence-electron chi connectivity index (χ2n) is 5.45. The summed E-state index contributed by atoms with van der Waals surface area (Å²) in [6, 6.07) is 14.5. The van der Waals surface area contributed by atoms with Crippen LogP contribution < -0.4 is 5.32 Å². The van der Waals surface area contributed by atoms with E-state index in [-0.39, 0.29) is 5.91 Å². The summed E-state index contributed by atoms with van der Waals surface area (Å²) in [5.41, 5.74) is 1.59. The number of nitrogens with one attached hydrogen (secondary N) is 1. The van der Waals surface area contributed by atoms with E-state index < -0.39 is 5.25 Å². The van der Waals surface area contributed by atoms with Gasteiger partial charge in [-0.15, -0.1) is 10.2 Å². The zero-order valence-corrected chi connectivity index (χ0v) is 16.1. The van der Waals surface area contributed by atoms with Gasteiger partial charge < -0.3 is 9.73 Å². The fourth-order valence-electron chi connectivity index (χ4n) is 2.17. The quantitative estimate of drug-likeness (QED) is 0.591. The molecule has 0 aliphatic rings. The summed E-state index contributed by atoms with van der Waals surface area (Å²) in [6.45, 7) is 2.14. The van der Waals surface area contributed by atoms with Crippen molar-refractivity contribution in [1.82, 2.24) is 15.5 Å². The number of thioether (sulfide) groups is 1. The van der Waals surface area contributed by atoms with Gasteiger partial charge in [-0.2, -0.15) is 0 Å². The fourth-order valence-corrected chi connectivity index (χ4v) is 3.27. The summed E-state index contributed by atoms with van der Waals surface area (Å²) < 4.78 is 5.61. The molecule has 1 N–H and O–H groups in total. The van der Waals surface area contributed by atoms with Crippen LogP contribution in [0.3, 0.4) is 0 Å². The van der Waals surface area contributed by atoms with Crippen molar-refractivity contribution < 1.29 is 9.21 Å². The molecule has 134 valence electrons. The summed E-state index contributed by atoms with van der Waals surface area (Å²) in [6.07, 6.45) is 0. The third kappa shape index (κ3) is 4.78. The second kappa shape index (κ2) is 8.58. The van der Waals surface area contributed by atoms with E-state index in [0.717, 1.165) is 11.1 Å². The maximum atomic E-state index is 12.3. The van der Waals surface area contributed by atoms with Crippen LogP contribution in [0, 0.1) is 0 Å². The lowest BCUT2D eigenvalue weighted by Gasteiger charge is -2.10. The molecule has 0 aliphatic carbocycles. The normalized spacial score (nSPS) is 12.0. The lowest BCUT2D eigenvalue weighted by atomic mass is 10.2. The van der Waals surface area contributed by atoms with Crippen LogP contribution in [0.4, 0.5) is 0 Å². The molecule has 1 amide bonds. The van der Waals surface area contributed by atoms with Gasteiger partial charge in [0.1, 0.15) is 0 Å². The minimum Gasteiger partial charge on any atom is -0.411 e. The van der Waals surface area contributed by atoms with Gasteiger partial charge in [-0.3, -0.25) is 4.79 Å². The minimum atomic E-state index is -0.398. The molecule has 0 fully saturated rings. The van der Waals surface area contributed by atoms with Crippen molar-refractivity contribution in [3.63, 3.8) is 0 Å². The van der Waals surface area contributed by atoms with Gasteiger partial charge in [0.2, 0.25) is 11.8 Å². The molecule has 0 saturated heterocycles. The molecule has 3 rings (SSSR count). The van der Waals surface area contributed by atoms with E-state index in [2.05, 4.69) is 15.5 Å². The molecule has 3 aromatic rings. The van der Waals surface area contributed by atoms with Crippen LogP contribution in [0.1, 0.15) is 12.5 Å². The second-order valence-corrected chi connectivity index (χ2v) is 7.59. The van der Waals surface area contributed by atoms with Crippen molar-refractivity contribution in [2.75, 3.05) is 0 Å². The molecule has 26 heavy (non-hydrogen) atoms. The van der Waals surface area contributed by atoms with Crippen LogP contribution in [0.15, 0.2) is 58.2 Å². The summed E-state index contributed by atoms with van der Waals surface area (Å²) in [4.78, 5) is 12.3. The molecule has 1 aromatic heterocycles. The van der Waals surface area contributed by atoms with Crippen molar-refractivity contribution >= 4 is 40.9 Å². The Morgan fingerprint density at radius 2 is 2.00 bits per heavy atom. The monoisotopic (exact) mass is 407 g/mol. The van der Waals surface area contributed by atoms with Crippen molar-refractivity contribution in [2.45, 2.75) is 23.9 Å². The predicted octanol–water partition coefficient (Wildman–Crippen LogP) is 4.84. The van der Waals surface area contributed by atoms with Crippen LogP contribution in [0.2, 0.25) is 10.0 Å². The Morgan fingerprint density at radius 1 is 1.19 bits per heavy atom. The Morgan fingerprint density at radius 3 is 2.77 bits per heavy atom. The third-order valence-electron chi connectivity index (χ3n) is 3.54. The molecule has 0 spiro atoms. The molecule has 0 bridgehead atoms. The number of halogens is 2. The van der Waals surface area contributed by atoms with E-state index in [4.69, 9.17) is 27.6 Å². The van der Waals surface area contributed by atoms with E-state index in [0.29, 0.717) is 27.7 Å². The van der Waals surface area contributed by atoms with Gasteiger partial charge in [0, 0.05) is 22.2 Å². The standard InChI is InChI=1S/C18H15Cl2N3O2S/c1-11(16(24)21-10-13-5-2-3-8-15(13)20)26-18-23-22-17(25-18)12-6-4-7-14(19)9-12/h2-9,11H,10H2,1H3,(H,21,24)/t11-/m1/s1. The molecule has 1 heterocycles. The minimum absolute atomic E-state index is 0.141. The van der Waals surface area contributed by atoms with Gasteiger partial charge >= 0.3 is 0 Å². The molecule has 0 radical (unpaired) electrons. The third-order valence-corrected chi connectivity index (χ3v) is 5.07. The fraction of sp³-hybridized carbons (Fsp3) is 0.167. The SMILES string of the molecule is C[C@@H](Sc1nnc(-c2cccc(Cl)c2)o1)C(=O)NCc1ccccc1Cl. The maximum Gasteiger partial charge on any atom is 0.277 e. The van der Waals surface area contributed by atoms with Crippen molar-refractivity contribution in [3.05, 3.63) is 64.1 Å². The zero-order chi connectivity index (χ0) is 18.5. The van der Waals surface area contributed by atoms with Crippen molar-refractivity contribution in [1.29, 1.82) is 0 Å². The number of nitrogens with zero attached hydrogens (tertiary/aromatic N) is 2. The van der Waals surface area contributed by atoms with Crippen molar-refractivity contribution in [2.24, 2.45) is 0 Å². The highest BCUT2D eigenvalue weighted by molar-refractivity contribution is 8.00. The molecular formula is C18H15Cl2N3O2S. The Hall–Kier alpha value is -2.02. The first kappa shape index (κ1) is 18.8. The lowest BCUT2D eigenvalue weighted by molar-refractivity contribution is -0.120. The van der Waals surface area contributed by atoms with Crippen LogP contribution in [-0.2, 0) is 11.3 Å². The molecule has 2 aromatic carbocycles. The number of rotatable bonds is 6. The highest BCUT2D eigenvalue weighted by Crippen LogP contribution is 2.27. The van der Waals surface area contributed by atoms with Gasteiger partial charge in [-0.25, -0.2) is 0 Å². The first-order valence-electron chi connectivity index (χ1n) is 7.80. The largest absolute Gasteiger partial charge is 0.411 e. The summed E-state index contributed by atoms with van der Waals surface area (Å²) in [5, 5.41) is 12.0. The maximum absolute atomic E-state index is 12.3. The molecule has 5 nitrogen and oxygen atoms in total. The smallest absolute Gasteiger partial charge is 0.277 e. The van der Waals surface area contributed by atoms with Crippen molar-refractivity contribution in [3.8, 4) is 11.5 Å². The Balaban J connectivity index is 1.58. The number of carbonyl (C=O) groups is 1. The Bertz CT molecular complexity index is 917. The molecule has 0 saturated carbocycles. The number of carbonyl (C=O) groups excluding carboxylic acids is 1. The van der Waals surface area contributed by atoms with E-state index in [1.807, 2.05) is 24.3 Å². The summed E-state index contributed by atoms with van der Waals surface area (Å²) in [5.74, 6) is 0.219. The summed E-state index contributed by atoms with van der Waals surface area (Å²) >= 11 is 13.2. The van der Waals surface area contributed by atoms with Crippen LogP contribution in [-0.4, -0.2) is 21.4 Å². The molecular weight excluding hydrogens is 393 g/mol. The van der Waals surface area contributed by atoms with Gasteiger partial charge in [0.05, 0.1) is 5.25 Å². The van der Waals surface area contributed by atoms with E-state index in [9.17, 15) is 4.79 Å². The predicted molar refractivity (Wildman–Crippen MR) is 103 cm³/mol. The number of amides is 1. The number of aromatic nitrogens is 2. The van der Waals surface area contributed by atoms with Gasteiger partial charge in [0.25, 0.3) is 5.22 Å². The van der Waals surface area contributed by atoms with Gasteiger partial charge in [0.15, 0.2) is 0 Å². The van der Waals surface area contributed by atoms with Crippen LogP contribution in [0.25, 0.3) is 11.5 Å². The number of benzene rings is 2. The van der Waals surface area contributed by atoms with Crippen LogP contribution in [0.5, 0.6) is 0 Å². The average molecular weight is 408 g/mol. The Labute approximate surface area is 165 Å². The number of hydrogen-bond acceptors (Lipinski definition) is 5. The zero-order valence-electron chi connectivity index (χ0n) is 13.8. The first-order chi connectivity index (χ1) is 12.5. The van der Waals surface area contributed by atoms with E-state index in [1.165, 1.54) is 11.8 Å². The number of hydrogen-bond donors (Lipinski definition) is 1. The Kier molecular flexibility index (Phi) is 6.19. The highest BCUT2D eigenvalue weighted by Gasteiger charge is 2.19. The highest BCUT2D eigenvalue weighted by atomic mass is 35.5. The van der Waals surface area contributed by atoms with Gasteiger partial charge in [-0.1, -0.05) is 59.2 Å². The molecule has 0 aliphatic heterocycles.